The summed E-state index contributed by atoms with van der Waals surface area (Å²) in [5.74, 6) is -4.77. The van der Waals surface area contributed by atoms with E-state index in [9.17, 15) is 26.3 Å². The number of hydrogen-bond acceptors (Lipinski definition) is 1. The van der Waals surface area contributed by atoms with Gasteiger partial charge in [0.2, 0.25) is 6.17 Å². The fourth-order valence-electron chi connectivity index (χ4n) is 0.297. The van der Waals surface area contributed by atoms with Gasteiger partial charge in [0, 0.05) is 0 Å². The topological polar surface area (TPSA) is 20.2 Å². The third-order valence-corrected chi connectivity index (χ3v) is 0.914. The molecule has 0 aromatic heterocycles. The molecule has 0 aliphatic heterocycles. The van der Waals surface area contributed by atoms with Crippen LogP contribution in [0.15, 0.2) is 0 Å². The standard InChI is InChI=1S/C4H4F6O/c5-1(2(6)7)4(10,11)3(8)9/h1-3,11H. The van der Waals surface area contributed by atoms with Gasteiger partial charge < -0.3 is 5.11 Å². The molecule has 0 fully saturated rings. The van der Waals surface area contributed by atoms with Gasteiger partial charge in [-0.05, 0) is 0 Å². The zero-order chi connectivity index (χ0) is 9.23. The molecule has 0 spiro atoms. The van der Waals surface area contributed by atoms with Crippen LogP contribution in [0.2, 0.25) is 0 Å². The maximum atomic E-state index is 11.8. The van der Waals surface area contributed by atoms with Gasteiger partial charge in [-0.25, -0.2) is 26.3 Å². The van der Waals surface area contributed by atoms with Crippen LogP contribution in [0.5, 0.6) is 0 Å². The molecule has 0 aliphatic carbocycles. The second-order valence-electron chi connectivity index (χ2n) is 1.76. The molecular weight excluding hydrogens is 178 g/mol. The van der Waals surface area contributed by atoms with Crippen molar-refractivity contribution in [3.8, 4) is 0 Å². The maximum Gasteiger partial charge on any atom is 0.305 e. The molecule has 0 aromatic carbocycles. The Labute approximate surface area is 57.6 Å². The van der Waals surface area contributed by atoms with E-state index >= 15 is 0 Å². The lowest BCUT2D eigenvalue weighted by Gasteiger charge is -2.20. The normalized spacial score (nSPS) is 20.5. The molecule has 1 N–H and O–H groups in total. The zero-order valence-corrected chi connectivity index (χ0v) is 4.95. The Kier molecular flexibility index (Phi) is 3.15. The molecule has 2 unspecified atom stereocenters. The van der Waals surface area contributed by atoms with Crippen molar-refractivity contribution in [2.75, 3.05) is 0 Å². The first-order valence-electron chi connectivity index (χ1n) is 2.41. The van der Waals surface area contributed by atoms with Crippen LogP contribution < -0.4 is 0 Å². The molecule has 0 saturated carbocycles. The highest BCUT2D eigenvalue weighted by molar-refractivity contribution is 4.80. The highest BCUT2D eigenvalue weighted by atomic mass is 19.3. The third-order valence-electron chi connectivity index (χ3n) is 0.914. The van der Waals surface area contributed by atoms with Crippen LogP contribution in [0.4, 0.5) is 26.3 Å². The summed E-state index contributed by atoms with van der Waals surface area (Å²) in [6.45, 7) is 0. The molecule has 0 heterocycles. The average Bonchev–Trinajstić information content (AvgIpc) is 1.85. The van der Waals surface area contributed by atoms with E-state index in [1.807, 2.05) is 0 Å². The fourth-order valence-corrected chi connectivity index (χ4v) is 0.297. The number of halogens is 6. The second kappa shape index (κ2) is 3.29. The largest absolute Gasteiger partial charge is 0.355 e. The summed E-state index contributed by atoms with van der Waals surface area (Å²) in [6.07, 6.45) is -12.0. The van der Waals surface area contributed by atoms with Crippen molar-refractivity contribution in [3.05, 3.63) is 0 Å². The molecule has 0 amide bonds. The lowest BCUT2D eigenvalue weighted by Crippen LogP contribution is -2.45. The molecule has 2 atom stereocenters. The molecule has 0 rings (SSSR count). The summed E-state index contributed by atoms with van der Waals surface area (Å²) in [6, 6.07) is 0. The number of aliphatic hydroxyl groups is 1. The van der Waals surface area contributed by atoms with Crippen LogP contribution in [-0.4, -0.2) is 30.0 Å². The molecule has 0 bridgehead atoms. The summed E-state index contributed by atoms with van der Waals surface area (Å²) >= 11 is 0. The van der Waals surface area contributed by atoms with Crippen molar-refractivity contribution in [2.24, 2.45) is 0 Å². The Morgan fingerprint density at radius 3 is 1.45 bits per heavy atom. The van der Waals surface area contributed by atoms with Gasteiger partial charge in [0.15, 0.2) is 0 Å². The summed E-state index contributed by atoms with van der Waals surface area (Å²) in [5.41, 5.74) is 0. The van der Waals surface area contributed by atoms with E-state index < -0.39 is 24.9 Å². The van der Waals surface area contributed by atoms with Gasteiger partial charge in [-0.15, -0.1) is 0 Å². The van der Waals surface area contributed by atoms with Gasteiger partial charge in [-0.3, -0.25) is 0 Å². The predicted molar refractivity (Wildman–Crippen MR) is 23.0 cm³/mol. The van der Waals surface area contributed by atoms with Gasteiger partial charge in [0.05, 0.1) is 0 Å². The van der Waals surface area contributed by atoms with Gasteiger partial charge >= 0.3 is 5.85 Å². The smallest absolute Gasteiger partial charge is 0.305 e. The van der Waals surface area contributed by atoms with Crippen molar-refractivity contribution in [1.29, 1.82) is 0 Å². The van der Waals surface area contributed by atoms with Crippen LogP contribution in [-0.2, 0) is 0 Å². The Balaban J connectivity index is 4.29. The van der Waals surface area contributed by atoms with Gasteiger partial charge in [-0.1, -0.05) is 0 Å². The zero-order valence-electron chi connectivity index (χ0n) is 4.95. The lowest BCUT2D eigenvalue weighted by atomic mass is 10.2. The van der Waals surface area contributed by atoms with E-state index in [1.165, 1.54) is 0 Å². The summed E-state index contributed by atoms with van der Waals surface area (Å²) in [7, 11) is 0. The fraction of sp³-hybridized carbons (Fsp3) is 1.00. The van der Waals surface area contributed by atoms with Gasteiger partial charge in [0.25, 0.3) is 12.9 Å². The van der Waals surface area contributed by atoms with E-state index in [0.29, 0.717) is 0 Å². The molecule has 0 aromatic rings. The average molecular weight is 182 g/mol. The third kappa shape index (κ3) is 2.25. The Bertz CT molecular complexity index is 124. The van der Waals surface area contributed by atoms with Crippen LogP contribution in [0, 0.1) is 0 Å². The van der Waals surface area contributed by atoms with Crippen LogP contribution in [0.1, 0.15) is 0 Å². The SMILES string of the molecule is OC(F)(C(F)F)C(F)C(F)F. The highest BCUT2D eigenvalue weighted by Gasteiger charge is 2.51. The maximum absolute atomic E-state index is 11.8. The Morgan fingerprint density at radius 1 is 1.00 bits per heavy atom. The van der Waals surface area contributed by atoms with Crippen molar-refractivity contribution >= 4 is 0 Å². The number of alkyl halides is 6. The lowest BCUT2D eigenvalue weighted by molar-refractivity contribution is -0.245. The first-order chi connectivity index (χ1) is 4.80. The minimum atomic E-state index is -4.77. The van der Waals surface area contributed by atoms with Crippen LogP contribution in [0.25, 0.3) is 0 Å². The molecule has 11 heavy (non-hydrogen) atoms. The highest BCUT2D eigenvalue weighted by Crippen LogP contribution is 2.27. The molecule has 68 valence electrons. The summed E-state index contributed by atoms with van der Waals surface area (Å²) in [4.78, 5) is 0. The van der Waals surface area contributed by atoms with Crippen molar-refractivity contribution < 1.29 is 31.4 Å². The van der Waals surface area contributed by atoms with Gasteiger partial charge in [-0.2, -0.15) is 0 Å². The first-order valence-corrected chi connectivity index (χ1v) is 2.41. The molecular formula is C4H4F6O. The first kappa shape index (κ1) is 10.5. The van der Waals surface area contributed by atoms with E-state index in [-0.39, 0.29) is 0 Å². The summed E-state index contributed by atoms with van der Waals surface area (Å²) < 4.78 is 68.3. The van der Waals surface area contributed by atoms with Gasteiger partial charge in [0.1, 0.15) is 0 Å². The monoisotopic (exact) mass is 182 g/mol. The number of rotatable bonds is 3. The van der Waals surface area contributed by atoms with E-state index in [0.717, 1.165) is 0 Å². The number of hydrogen-bond donors (Lipinski definition) is 1. The van der Waals surface area contributed by atoms with Crippen molar-refractivity contribution in [3.63, 3.8) is 0 Å². The quantitative estimate of drug-likeness (QED) is 0.656. The molecule has 0 radical (unpaired) electrons. The molecule has 0 saturated heterocycles. The van der Waals surface area contributed by atoms with E-state index in [1.54, 1.807) is 0 Å². The van der Waals surface area contributed by atoms with E-state index in [4.69, 9.17) is 5.11 Å². The van der Waals surface area contributed by atoms with E-state index in [2.05, 4.69) is 0 Å². The molecule has 0 aliphatic rings. The van der Waals surface area contributed by atoms with Crippen molar-refractivity contribution in [1.82, 2.24) is 0 Å². The minimum Gasteiger partial charge on any atom is -0.355 e. The Morgan fingerprint density at radius 2 is 1.36 bits per heavy atom. The van der Waals surface area contributed by atoms with Crippen molar-refractivity contribution in [2.45, 2.75) is 24.9 Å². The predicted octanol–water partition coefficient (Wildman–Crippen LogP) is 1.51. The molecule has 7 heteroatoms. The second-order valence-corrected chi connectivity index (χ2v) is 1.76. The minimum absolute atomic E-state index is 3.89. The molecule has 1 nitrogen and oxygen atoms in total. The Hall–Kier alpha value is -0.460. The van der Waals surface area contributed by atoms with Crippen LogP contribution >= 0.6 is 0 Å². The van der Waals surface area contributed by atoms with Crippen LogP contribution in [0.3, 0.4) is 0 Å². The summed E-state index contributed by atoms with van der Waals surface area (Å²) in [5, 5.41) is 7.76.